The normalized spacial score (nSPS) is 10.7. The second-order valence-corrected chi connectivity index (χ2v) is 8.20. The number of aryl methyl sites for hydroxylation is 1. The standard InChI is InChI=1S/C26H32N4O4/c1-5-30-16-23(24(29-30)26(32)27-15-18(3)4)28-25(31)20-9-7-8-19(14-20)17-34-22-12-10-21(11-13-22)33-6-2/h7-14,16,18H,5-6,15,17H2,1-4H3,(H,27,32)(H,28,31). The van der Waals surface area contributed by atoms with E-state index in [-0.39, 0.29) is 17.5 Å². The first kappa shape index (κ1) is 24.8. The fourth-order valence-corrected chi connectivity index (χ4v) is 3.19. The number of nitrogens with zero attached hydrogens (tertiary/aromatic N) is 2. The average Bonchev–Trinajstić information content (AvgIpc) is 3.25. The topological polar surface area (TPSA) is 94.5 Å². The lowest BCUT2D eigenvalue weighted by Gasteiger charge is -2.10. The zero-order valence-electron chi connectivity index (χ0n) is 20.1. The monoisotopic (exact) mass is 464 g/mol. The Morgan fingerprint density at radius 3 is 2.35 bits per heavy atom. The Bertz CT molecular complexity index is 1110. The van der Waals surface area contributed by atoms with Gasteiger partial charge in [-0.1, -0.05) is 26.0 Å². The van der Waals surface area contributed by atoms with Crippen molar-refractivity contribution in [3.05, 3.63) is 71.5 Å². The predicted molar refractivity (Wildman–Crippen MR) is 131 cm³/mol. The third kappa shape index (κ3) is 6.84. The van der Waals surface area contributed by atoms with Crippen LogP contribution in [0.15, 0.2) is 54.7 Å². The van der Waals surface area contributed by atoms with Crippen molar-refractivity contribution in [1.29, 1.82) is 0 Å². The minimum absolute atomic E-state index is 0.200. The summed E-state index contributed by atoms with van der Waals surface area (Å²) in [5, 5.41) is 9.99. The number of benzene rings is 2. The van der Waals surface area contributed by atoms with E-state index >= 15 is 0 Å². The molecule has 0 spiro atoms. The quantitative estimate of drug-likeness (QED) is 0.435. The predicted octanol–water partition coefficient (Wildman–Crippen LogP) is 4.52. The van der Waals surface area contributed by atoms with Crippen LogP contribution in [0.5, 0.6) is 11.5 Å². The van der Waals surface area contributed by atoms with Crippen molar-refractivity contribution in [2.75, 3.05) is 18.5 Å². The van der Waals surface area contributed by atoms with Crippen LogP contribution in [0.4, 0.5) is 5.69 Å². The summed E-state index contributed by atoms with van der Waals surface area (Å²) in [6.45, 7) is 9.92. The van der Waals surface area contributed by atoms with E-state index in [9.17, 15) is 9.59 Å². The first-order valence-electron chi connectivity index (χ1n) is 11.5. The molecule has 8 nitrogen and oxygen atoms in total. The molecule has 34 heavy (non-hydrogen) atoms. The van der Waals surface area contributed by atoms with Crippen LogP contribution in [0.1, 0.15) is 54.1 Å². The number of amides is 2. The van der Waals surface area contributed by atoms with Crippen LogP contribution >= 0.6 is 0 Å². The number of rotatable bonds is 11. The van der Waals surface area contributed by atoms with Crippen LogP contribution in [0.2, 0.25) is 0 Å². The highest BCUT2D eigenvalue weighted by molar-refractivity contribution is 6.08. The summed E-state index contributed by atoms with van der Waals surface area (Å²) in [5.41, 5.74) is 1.89. The lowest BCUT2D eigenvalue weighted by atomic mass is 10.1. The van der Waals surface area contributed by atoms with Crippen molar-refractivity contribution in [1.82, 2.24) is 15.1 Å². The van der Waals surface area contributed by atoms with Crippen molar-refractivity contribution in [3.63, 3.8) is 0 Å². The van der Waals surface area contributed by atoms with Gasteiger partial charge in [0.2, 0.25) is 0 Å². The maximum absolute atomic E-state index is 12.9. The van der Waals surface area contributed by atoms with Gasteiger partial charge >= 0.3 is 0 Å². The van der Waals surface area contributed by atoms with Crippen LogP contribution in [0.3, 0.4) is 0 Å². The van der Waals surface area contributed by atoms with Crippen molar-refractivity contribution in [2.24, 2.45) is 5.92 Å². The molecule has 180 valence electrons. The molecule has 3 aromatic rings. The third-order valence-electron chi connectivity index (χ3n) is 4.95. The van der Waals surface area contributed by atoms with Gasteiger partial charge < -0.3 is 20.1 Å². The lowest BCUT2D eigenvalue weighted by Crippen LogP contribution is -2.28. The van der Waals surface area contributed by atoms with Gasteiger partial charge in [-0.05, 0) is 61.7 Å². The first-order valence-corrected chi connectivity index (χ1v) is 11.5. The number of carbonyl (C=O) groups is 2. The fourth-order valence-electron chi connectivity index (χ4n) is 3.19. The van der Waals surface area contributed by atoms with Gasteiger partial charge in [-0.25, -0.2) is 0 Å². The number of ether oxygens (including phenoxy) is 2. The second-order valence-electron chi connectivity index (χ2n) is 8.20. The molecule has 0 saturated heterocycles. The van der Waals surface area contributed by atoms with Crippen molar-refractivity contribution in [2.45, 2.75) is 40.8 Å². The van der Waals surface area contributed by atoms with E-state index in [0.29, 0.717) is 49.2 Å². The Balaban J connectivity index is 1.67. The highest BCUT2D eigenvalue weighted by Crippen LogP contribution is 2.20. The fraction of sp³-hybridized carbons (Fsp3) is 0.346. The van der Waals surface area contributed by atoms with Crippen LogP contribution < -0.4 is 20.1 Å². The maximum atomic E-state index is 12.9. The molecule has 1 heterocycles. The summed E-state index contributed by atoms with van der Waals surface area (Å²) >= 11 is 0. The molecule has 0 saturated carbocycles. The molecule has 0 radical (unpaired) electrons. The molecule has 1 aromatic heterocycles. The molecule has 2 N–H and O–H groups in total. The van der Waals surface area contributed by atoms with Crippen molar-refractivity contribution in [3.8, 4) is 11.5 Å². The minimum atomic E-state index is -0.323. The van der Waals surface area contributed by atoms with Gasteiger partial charge in [0, 0.05) is 24.8 Å². The molecule has 0 atom stereocenters. The van der Waals surface area contributed by atoms with Crippen LogP contribution in [-0.2, 0) is 13.2 Å². The molecule has 0 aliphatic heterocycles. The highest BCUT2D eigenvalue weighted by Gasteiger charge is 2.19. The largest absolute Gasteiger partial charge is 0.494 e. The number of hydrogen-bond donors (Lipinski definition) is 2. The second kappa shape index (κ2) is 11.9. The van der Waals surface area contributed by atoms with Crippen LogP contribution in [-0.4, -0.2) is 34.7 Å². The number of hydrogen-bond acceptors (Lipinski definition) is 5. The van der Waals surface area contributed by atoms with Crippen molar-refractivity contribution < 1.29 is 19.1 Å². The van der Waals surface area contributed by atoms with E-state index in [1.165, 1.54) is 0 Å². The zero-order valence-corrected chi connectivity index (χ0v) is 20.1. The molecule has 2 aromatic carbocycles. The molecule has 2 amide bonds. The molecule has 0 aliphatic rings. The van der Waals surface area contributed by atoms with Crippen LogP contribution in [0.25, 0.3) is 0 Å². The number of carbonyl (C=O) groups excluding carboxylic acids is 2. The smallest absolute Gasteiger partial charge is 0.273 e. The molecule has 0 unspecified atom stereocenters. The van der Waals surface area contributed by atoms with Crippen molar-refractivity contribution >= 4 is 17.5 Å². The van der Waals surface area contributed by atoms with E-state index < -0.39 is 0 Å². The summed E-state index contributed by atoms with van der Waals surface area (Å²) in [5.74, 6) is 1.17. The van der Waals surface area contributed by atoms with E-state index in [0.717, 1.165) is 11.3 Å². The molecular weight excluding hydrogens is 432 g/mol. The van der Waals surface area contributed by atoms with E-state index in [1.807, 2.05) is 58.0 Å². The summed E-state index contributed by atoms with van der Waals surface area (Å²) in [4.78, 5) is 25.5. The molecule has 3 rings (SSSR count). The zero-order chi connectivity index (χ0) is 24.5. The number of aromatic nitrogens is 2. The summed E-state index contributed by atoms with van der Waals surface area (Å²) in [6, 6.07) is 14.6. The van der Waals surface area contributed by atoms with E-state index in [4.69, 9.17) is 9.47 Å². The summed E-state index contributed by atoms with van der Waals surface area (Å²) < 4.78 is 12.9. The van der Waals surface area contributed by atoms with Gasteiger partial charge in [-0.15, -0.1) is 0 Å². The van der Waals surface area contributed by atoms with E-state index in [2.05, 4.69) is 15.7 Å². The number of anilines is 1. The highest BCUT2D eigenvalue weighted by atomic mass is 16.5. The van der Waals surface area contributed by atoms with Gasteiger partial charge in [0.25, 0.3) is 11.8 Å². The average molecular weight is 465 g/mol. The Labute approximate surface area is 200 Å². The lowest BCUT2D eigenvalue weighted by molar-refractivity contribution is 0.0944. The van der Waals surface area contributed by atoms with Gasteiger partial charge in [0.05, 0.1) is 12.3 Å². The summed E-state index contributed by atoms with van der Waals surface area (Å²) in [7, 11) is 0. The molecular formula is C26H32N4O4. The number of nitrogens with one attached hydrogen (secondary N) is 2. The van der Waals surface area contributed by atoms with Gasteiger partial charge in [-0.3, -0.25) is 14.3 Å². The third-order valence-corrected chi connectivity index (χ3v) is 4.95. The van der Waals surface area contributed by atoms with Gasteiger partial charge in [0.15, 0.2) is 5.69 Å². The molecule has 0 bridgehead atoms. The summed E-state index contributed by atoms with van der Waals surface area (Å²) in [6.07, 6.45) is 1.67. The minimum Gasteiger partial charge on any atom is -0.494 e. The molecule has 8 heteroatoms. The van der Waals surface area contributed by atoms with Crippen LogP contribution in [0, 0.1) is 5.92 Å². The van der Waals surface area contributed by atoms with Gasteiger partial charge in [-0.2, -0.15) is 5.10 Å². The molecule has 0 fully saturated rings. The SMILES string of the molecule is CCOc1ccc(OCc2cccc(C(=O)Nc3cn(CC)nc3C(=O)NCC(C)C)c2)cc1. The molecule has 0 aliphatic carbocycles. The van der Waals surface area contributed by atoms with E-state index in [1.54, 1.807) is 29.1 Å². The Hall–Kier alpha value is -3.81. The Kier molecular flexibility index (Phi) is 8.67. The first-order chi connectivity index (χ1) is 16.4. The maximum Gasteiger partial charge on any atom is 0.273 e. The van der Waals surface area contributed by atoms with Gasteiger partial charge in [0.1, 0.15) is 18.1 Å². The Morgan fingerprint density at radius 2 is 1.71 bits per heavy atom. The Morgan fingerprint density at radius 1 is 1.00 bits per heavy atom.